The van der Waals surface area contributed by atoms with Crippen LogP contribution in [0.1, 0.15) is 30.0 Å². The maximum absolute atomic E-state index is 11.8. The van der Waals surface area contributed by atoms with Crippen molar-refractivity contribution in [1.29, 1.82) is 0 Å². The van der Waals surface area contributed by atoms with Crippen LogP contribution in [0.4, 0.5) is 0 Å². The molecule has 1 heterocycles. The number of hydrogen-bond acceptors (Lipinski definition) is 6. The van der Waals surface area contributed by atoms with Crippen molar-refractivity contribution in [3.05, 3.63) is 17.4 Å². The van der Waals surface area contributed by atoms with Gasteiger partial charge < -0.3 is 9.15 Å². The number of nitrogens with one attached hydrogen (secondary N) is 1. The van der Waals surface area contributed by atoms with Crippen LogP contribution in [-0.4, -0.2) is 27.4 Å². The second kappa shape index (κ2) is 5.43. The molecule has 19 heavy (non-hydrogen) atoms. The first-order valence-corrected chi connectivity index (χ1v) is 6.92. The zero-order valence-corrected chi connectivity index (χ0v) is 11.8. The Balaban J connectivity index is 3.10. The number of rotatable bonds is 4. The molecule has 7 nitrogen and oxygen atoms in total. The van der Waals surface area contributed by atoms with Gasteiger partial charge >= 0.3 is 5.97 Å². The summed E-state index contributed by atoms with van der Waals surface area (Å²) in [5.74, 6) is -1.76. The summed E-state index contributed by atoms with van der Waals surface area (Å²) in [4.78, 5) is 22.7. The fourth-order valence-electron chi connectivity index (χ4n) is 1.20. The molecule has 0 saturated carbocycles. The molecular weight excluding hydrogens is 274 g/mol. The van der Waals surface area contributed by atoms with Crippen molar-refractivity contribution in [3.63, 3.8) is 0 Å². The van der Waals surface area contributed by atoms with Gasteiger partial charge in [0.15, 0.2) is 0 Å². The molecule has 0 fully saturated rings. The largest absolute Gasteiger partial charge is 0.465 e. The molecule has 1 aromatic heterocycles. The van der Waals surface area contributed by atoms with Crippen molar-refractivity contribution < 1.29 is 27.2 Å². The number of sulfonamides is 1. The quantitative estimate of drug-likeness (QED) is 0.824. The van der Waals surface area contributed by atoms with Crippen LogP contribution >= 0.6 is 0 Å². The van der Waals surface area contributed by atoms with Gasteiger partial charge in [0.25, 0.3) is 10.0 Å². The minimum Gasteiger partial charge on any atom is -0.465 e. The Kier molecular flexibility index (Phi) is 4.35. The van der Waals surface area contributed by atoms with Crippen LogP contribution in [0, 0.1) is 12.8 Å². The van der Waals surface area contributed by atoms with Gasteiger partial charge in [0.05, 0.1) is 7.11 Å². The summed E-state index contributed by atoms with van der Waals surface area (Å²) in [6.07, 6.45) is 0. The molecule has 8 heteroatoms. The molecule has 0 bridgehead atoms. The van der Waals surface area contributed by atoms with Crippen molar-refractivity contribution in [3.8, 4) is 0 Å². The van der Waals surface area contributed by atoms with Gasteiger partial charge in [-0.3, -0.25) is 4.79 Å². The van der Waals surface area contributed by atoms with Gasteiger partial charge in [0, 0.05) is 12.0 Å². The topological polar surface area (TPSA) is 103 Å². The molecule has 0 aliphatic carbocycles. The molecule has 1 rings (SSSR count). The number of carbonyl (C=O) groups is 2. The van der Waals surface area contributed by atoms with Crippen molar-refractivity contribution >= 4 is 21.9 Å². The van der Waals surface area contributed by atoms with Crippen molar-refractivity contribution in [2.45, 2.75) is 25.9 Å². The predicted molar refractivity (Wildman–Crippen MR) is 65.0 cm³/mol. The Hall–Kier alpha value is -1.83. The lowest BCUT2D eigenvalue weighted by atomic mass is 10.2. The van der Waals surface area contributed by atoms with Crippen LogP contribution in [0.15, 0.2) is 15.6 Å². The summed E-state index contributed by atoms with van der Waals surface area (Å²) in [5.41, 5.74) is -0.000120. The number of furan rings is 1. The van der Waals surface area contributed by atoms with E-state index in [0.717, 1.165) is 6.07 Å². The standard InChI is InChI=1S/C11H15NO6S/c1-6(2)10(13)12-19(15,16)9-5-8(7(3)18-9)11(14)17-4/h5-6H,1-4H3,(H,12,13). The van der Waals surface area contributed by atoms with E-state index >= 15 is 0 Å². The number of hydrogen-bond donors (Lipinski definition) is 1. The predicted octanol–water partition coefficient (Wildman–Crippen LogP) is 0.836. The summed E-state index contributed by atoms with van der Waals surface area (Å²) in [6, 6.07) is 1.02. The minimum atomic E-state index is -4.12. The van der Waals surface area contributed by atoms with E-state index in [1.165, 1.54) is 14.0 Å². The van der Waals surface area contributed by atoms with Crippen LogP contribution in [0.5, 0.6) is 0 Å². The van der Waals surface area contributed by atoms with E-state index in [1.807, 2.05) is 4.72 Å². The van der Waals surface area contributed by atoms with Gasteiger partial charge in [-0.15, -0.1) is 0 Å². The minimum absolute atomic E-state index is 0.000120. The van der Waals surface area contributed by atoms with Crippen molar-refractivity contribution in [2.24, 2.45) is 5.92 Å². The molecule has 0 aliphatic heterocycles. The summed E-state index contributed by atoms with van der Waals surface area (Å²) in [7, 11) is -2.95. The Morgan fingerprint density at radius 2 is 1.95 bits per heavy atom. The molecule has 0 aliphatic rings. The van der Waals surface area contributed by atoms with E-state index < -0.39 is 32.9 Å². The normalized spacial score (nSPS) is 11.4. The Bertz CT molecular complexity index is 599. The molecule has 106 valence electrons. The molecule has 0 unspecified atom stereocenters. The first-order valence-electron chi connectivity index (χ1n) is 5.44. The van der Waals surface area contributed by atoms with Crippen LogP contribution < -0.4 is 4.72 Å². The Labute approximate surface area is 111 Å². The molecular formula is C11H15NO6S. The van der Waals surface area contributed by atoms with E-state index in [-0.39, 0.29) is 11.3 Å². The highest BCUT2D eigenvalue weighted by molar-refractivity contribution is 7.89. The first kappa shape index (κ1) is 15.2. The van der Waals surface area contributed by atoms with E-state index in [9.17, 15) is 18.0 Å². The molecule has 0 atom stereocenters. The highest BCUT2D eigenvalue weighted by atomic mass is 32.2. The number of ether oxygens (including phenoxy) is 1. The Morgan fingerprint density at radius 1 is 1.37 bits per heavy atom. The summed E-state index contributed by atoms with van der Waals surface area (Å²) >= 11 is 0. The fraction of sp³-hybridized carbons (Fsp3) is 0.455. The third-order valence-electron chi connectivity index (χ3n) is 2.32. The molecule has 0 saturated heterocycles. The second-order valence-electron chi connectivity index (χ2n) is 4.15. The number of carbonyl (C=O) groups excluding carboxylic acids is 2. The number of aryl methyl sites for hydroxylation is 1. The maximum atomic E-state index is 11.8. The highest BCUT2D eigenvalue weighted by Gasteiger charge is 2.26. The molecule has 1 amide bonds. The summed E-state index contributed by atoms with van der Waals surface area (Å²) in [6.45, 7) is 4.53. The van der Waals surface area contributed by atoms with E-state index in [0.29, 0.717) is 0 Å². The SMILES string of the molecule is COC(=O)c1cc(S(=O)(=O)NC(=O)C(C)C)oc1C. The van der Waals surface area contributed by atoms with Crippen molar-refractivity contribution in [1.82, 2.24) is 4.72 Å². The first-order chi connectivity index (χ1) is 8.69. The number of methoxy groups -OCH3 is 1. The number of esters is 1. The van der Waals surface area contributed by atoms with Gasteiger partial charge in [-0.1, -0.05) is 13.8 Å². The van der Waals surface area contributed by atoms with Crippen LogP contribution in [0.25, 0.3) is 0 Å². The lowest BCUT2D eigenvalue weighted by Crippen LogP contribution is -2.33. The van der Waals surface area contributed by atoms with Gasteiger partial charge in [-0.2, -0.15) is 8.42 Å². The highest BCUT2D eigenvalue weighted by Crippen LogP contribution is 2.19. The van der Waals surface area contributed by atoms with E-state index in [2.05, 4.69) is 4.74 Å². The molecule has 0 aromatic carbocycles. The van der Waals surface area contributed by atoms with E-state index in [4.69, 9.17) is 4.42 Å². The average Bonchev–Trinajstić information content (AvgIpc) is 2.70. The Morgan fingerprint density at radius 3 is 2.42 bits per heavy atom. The second-order valence-corrected chi connectivity index (χ2v) is 5.76. The smallest absolute Gasteiger partial charge is 0.341 e. The van der Waals surface area contributed by atoms with Gasteiger partial charge in [0.1, 0.15) is 11.3 Å². The van der Waals surface area contributed by atoms with Gasteiger partial charge in [-0.25, -0.2) is 9.52 Å². The van der Waals surface area contributed by atoms with Gasteiger partial charge in [-0.05, 0) is 6.92 Å². The maximum Gasteiger partial charge on any atom is 0.341 e. The lowest BCUT2D eigenvalue weighted by molar-refractivity contribution is -0.122. The third-order valence-corrected chi connectivity index (χ3v) is 3.53. The average molecular weight is 289 g/mol. The molecule has 1 aromatic rings. The zero-order chi connectivity index (χ0) is 14.8. The van der Waals surface area contributed by atoms with Gasteiger partial charge in [0.2, 0.25) is 11.0 Å². The third kappa shape index (κ3) is 3.34. The van der Waals surface area contributed by atoms with Crippen molar-refractivity contribution in [2.75, 3.05) is 7.11 Å². The lowest BCUT2D eigenvalue weighted by Gasteiger charge is -2.06. The fourth-order valence-corrected chi connectivity index (χ4v) is 2.31. The zero-order valence-electron chi connectivity index (χ0n) is 11.0. The molecule has 1 N–H and O–H groups in total. The molecule has 0 spiro atoms. The van der Waals surface area contributed by atoms with Crippen LogP contribution in [0.2, 0.25) is 0 Å². The van der Waals surface area contributed by atoms with E-state index in [1.54, 1.807) is 13.8 Å². The number of amides is 1. The summed E-state index contributed by atoms with van der Waals surface area (Å²) in [5, 5.41) is -0.501. The monoisotopic (exact) mass is 289 g/mol. The van der Waals surface area contributed by atoms with Crippen LogP contribution in [0.3, 0.4) is 0 Å². The molecule has 0 radical (unpaired) electrons. The summed E-state index contributed by atoms with van der Waals surface area (Å²) < 4.78 is 35.0. The van der Waals surface area contributed by atoms with Crippen LogP contribution in [-0.2, 0) is 19.6 Å².